The number of nitrogen functional groups attached to an aromatic ring is 1. The molecule has 1 spiro atoms. The molecule has 2 fully saturated rings. The van der Waals surface area contributed by atoms with Gasteiger partial charge in [-0.2, -0.15) is 0 Å². The van der Waals surface area contributed by atoms with Gasteiger partial charge in [0.2, 0.25) is 0 Å². The van der Waals surface area contributed by atoms with Crippen LogP contribution in [-0.2, 0) is 0 Å². The number of hydrogen-bond acceptors (Lipinski definition) is 5. The highest BCUT2D eigenvalue weighted by molar-refractivity contribution is 5.45. The average molecular weight is 219 g/mol. The Morgan fingerprint density at radius 2 is 2.00 bits per heavy atom. The first-order chi connectivity index (χ1) is 7.71. The summed E-state index contributed by atoms with van der Waals surface area (Å²) in [6, 6.07) is 3.76. The lowest BCUT2D eigenvalue weighted by atomic mass is 9.73. The van der Waals surface area contributed by atoms with Crippen LogP contribution >= 0.6 is 0 Å². The number of rotatable bonds is 2. The van der Waals surface area contributed by atoms with Crippen LogP contribution in [0.25, 0.3) is 0 Å². The van der Waals surface area contributed by atoms with Crippen molar-refractivity contribution in [3.8, 4) is 0 Å². The second-order valence-corrected chi connectivity index (χ2v) is 4.98. The maximum atomic E-state index is 5.51. The van der Waals surface area contributed by atoms with E-state index in [4.69, 9.17) is 5.73 Å². The van der Waals surface area contributed by atoms with Crippen LogP contribution in [0, 0.1) is 5.41 Å². The summed E-state index contributed by atoms with van der Waals surface area (Å²) >= 11 is 0. The highest BCUT2D eigenvalue weighted by atomic mass is 15.4. The summed E-state index contributed by atoms with van der Waals surface area (Å²) in [7, 11) is 0. The van der Waals surface area contributed by atoms with Gasteiger partial charge in [-0.1, -0.05) is 6.92 Å². The molecule has 2 saturated heterocycles. The van der Waals surface area contributed by atoms with Crippen LogP contribution in [0.4, 0.5) is 11.6 Å². The zero-order valence-corrected chi connectivity index (χ0v) is 9.56. The Morgan fingerprint density at radius 1 is 1.25 bits per heavy atom. The second-order valence-electron chi connectivity index (χ2n) is 4.98. The van der Waals surface area contributed by atoms with Gasteiger partial charge in [-0.25, -0.2) is 0 Å². The number of likely N-dealkylation sites (tertiary alicyclic amines) is 1. The first-order valence-corrected chi connectivity index (χ1v) is 5.77. The summed E-state index contributed by atoms with van der Waals surface area (Å²) in [4.78, 5) is 4.76. The molecule has 0 aromatic carbocycles. The molecule has 2 aliphatic heterocycles. The fourth-order valence-electron chi connectivity index (χ4n) is 2.76. The highest BCUT2D eigenvalue weighted by Gasteiger charge is 2.51. The van der Waals surface area contributed by atoms with Gasteiger partial charge in [-0.3, -0.25) is 0 Å². The molecule has 86 valence electrons. The molecule has 3 heterocycles. The molecule has 1 aromatic heterocycles. The van der Waals surface area contributed by atoms with E-state index in [1.807, 2.05) is 12.1 Å². The van der Waals surface area contributed by atoms with Gasteiger partial charge in [0.1, 0.15) is 5.82 Å². The van der Waals surface area contributed by atoms with E-state index in [-0.39, 0.29) is 0 Å². The Bertz CT molecular complexity index is 374. The van der Waals surface area contributed by atoms with Gasteiger partial charge in [0.25, 0.3) is 0 Å². The van der Waals surface area contributed by atoms with Crippen molar-refractivity contribution in [2.45, 2.75) is 6.92 Å². The van der Waals surface area contributed by atoms with Crippen molar-refractivity contribution in [3.05, 3.63) is 12.1 Å². The second kappa shape index (κ2) is 3.31. The van der Waals surface area contributed by atoms with Crippen molar-refractivity contribution in [1.82, 2.24) is 15.1 Å². The third-order valence-corrected chi connectivity index (χ3v) is 3.61. The number of anilines is 2. The van der Waals surface area contributed by atoms with Crippen molar-refractivity contribution < 1.29 is 0 Å². The Morgan fingerprint density at radius 3 is 2.56 bits per heavy atom. The van der Waals surface area contributed by atoms with E-state index >= 15 is 0 Å². The minimum Gasteiger partial charge on any atom is -0.382 e. The summed E-state index contributed by atoms with van der Waals surface area (Å²) in [6.07, 6.45) is 0. The normalized spacial score (nSPS) is 22.9. The van der Waals surface area contributed by atoms with Gasteiger partial charge in [-0.05, 0) is 18.7 Å². The van der Waals surface area contributed by atoms with Crippen LogP contribution in [0.3, 0.4) is 0 Å². The van der Waals surface area contributed by atoms with Gasteiger partial charge >= 0.3 is 0 Å². The van der Waals surface area contributed by atoms with Crippen molar-refractivity contribution in [2.24, 2.45) is 5.41 Å². The fourth-order valence-corrected chi connectivity index (χ4v) is 2.76. The number of aromatic nitrogens is 2. The third kappa shape index (κ3) is 1.43. The van der Waals surface area contributed by atoms with Crippen molar-refractivity contribution in [1.29, 1.82) is 0 Å². The Labute approximate surface area is 95.2 Å². The third-order valence-electron chi connectivity index (χ3n) is 3.61. The maximum absolute atomic E-state index is 5.51. The quantitative estimate of drug-likeness (QED) is 0.770. The standard InChI is InChI=1S/C11H17N5/c1-2-15-5-11(6-15)7-16(8-11)10-4-3-9(12)13-14-10/h3-4H,2,5-8H2,1H3,(H2,12,13). The molecule has 0 saturated carbocycles. The fraction of sp³-hybridized carbons (Fsp3) is 0.636. The van der Waals surface area contributed by atoms with E-state index in [0.29, 0.717) is 11.2 Å². The van der Waals surface area contributed by atoms with E-state index in [2.05, 4.69) is 26.9 Å². The zero-order chi connectivity index (χ0) is 11.2. The summed E-state index contributed by atoms with van der Waals surface area (Å²) in [5, 5.41) is 7.98. The van der Waals surface area contributed by atoms with Crippen LogP contribution in [-0.4, -0.2) is 47.8 Å². The number of nitrogens with zero attached hydrogens (tertiary/aromatic N) is 4. The largest absolute Gasteiger partial charge is 0.382 e. The molecule has 0 radical (unpaired) electrons. The molecule has 0 unspecified atom stereocenters. The predicted octanol–water partition coefficient (Wildman–Crippen LogP) is 0.201. The molecule has 0 aliphatic carbocycles. The molecule has 0 atom stereocenters. The van der Waals surface area contributed by atoms with Crippen LogP contribution in [0.5, 0.6) is 0 Å². The van der Waals surface area contributed by atoms with Crippen LogP contribution in [0.15, 0.2) is 12.1 Å². The monoisotopic (exact) mass is 219 g/mol. The van der Waals surface area contributed by atoms with Crippen molar-refractivity contribution in [3.63, 3.8) is 0 Å². The summed E-state index contributed by atoms with van der Waals surface area (Å²) < 4.78 is 0. The van der Waals surface area contributed by atoms with Gasteiger partial charge < -0.3 is 15.5 Å². The summed E-state index contributed by atoms with van der Waals surface area (Å²) in [6.45, 7) is 8.09. The van der Waals surface area contributed by atoms with Crippen LogP contribution in [0.2, 0.25) is 0 Å². The molecule has 2 aliphatic rings. The minimum atomic E-state index is 0.486. The lowest BCUT2D eigenvalue weighted by Crippen LogP contribution is -2.72. The van der Waals surface area contributed by atoms with Gasteiger partial charge in [0, 0.05) is 31.6 Å². The van der Waals surface area contributed by atoms with E-state index in [9.17, 15) is 0 Å². The predicted molar refractivity (Wildman–Crippen MR) is 63.2 cm³/mol. The summed E-state index contributed by atoms with van der Waals surface area (Å²) in [5.74, 6) is 1.44. The Balaban J connectivity index is 1.60. The maximum Gasteiger partial charge on any atom is 0.151 e. The first kappa shape index (κ1) is 9.84. The van der Waals surface area contributed by atoms with Crippen LogP contribution < -0.4 is 10.6 Å². The zero-order valence-electron chi connectivity index (χ0n) is 9.56. The molecule has 5 nitrogen and oxygen atoms in total. The van der Waals surface area contributed by atoms with E-state index in [1.165, 1.54) is 19.6 Å². The molecule has 0 amide bonds. The van der Waals surface area contributed by atoms with Gasteiger partial charge in [-0.15, -0.1) is 10.2 Å². The minimum absolute atomic E-state index is 0.486. The molecule has 1 aromatic rings. The van der Waals surface area contributed by atoms with E-state index in [1.54, 1.807) is 0 Å². The molecule has 2 N–H and O–H groups in total. The topological polar surface area (TPSA) is 58.3 Å². The molecule has 5 heteroatoms. The molecule has 3 rings (SSSR count). The van der Waals surface area contributed by atoms with Crippen molar-refractivity contribution in [2.75, 3.05) is 43.4 Å². The van der Waals surface area contributed by atoms with E-state index < -0.39 is 0 Å². The smallest absolute Gasteiger partial charge is 0.151 e. The highest BCUT2D eigenvalue weighted by Crippen LogP contribution is 2.40. The lowest BCUT2D eigenvalue weighted by molar-refractivity contribution is -0.0182. The van der Waals surface area contributed by atoms with Gasteiger partial charge in [0.15, 0.2) is 5.82 Å². The summed E-state index contributed by atoms with van der Waals surface area (Å²) in [5.41, 5.74) is 6.06. The average Bonchev–Trinajstić information content (AvgIpc) is 2.17. The SMILES string of the molecule is CCN1CC2(C1)CN(c1ccc(N)nn1)C2. The van der Waals surface area contributed by atoms with Crippen molar-refractivity contribution >= 4 is 11.6 Å². The number of nitrogens with two attached hydrogens (primary N) is 1. The molecule has 16 heavy (non-hydrogen) atoms. The van der Waals surface area contributed by atoms with Gasteiger partial charge in [0.05, 0.1) is 0 Å². The molecular weight excluding hydrogens is 202 g/mol. The molecular formula is C11H17N5. The molecule has 0 bridgehead atoms. The van der Waals surface area contributed by atoms with E-state index in [0.717, 1.165) is 18.9 Å². The lowest BCUT2D eigenvalue weighted by Gasteiger charge is -2.60. The first-order valence-electron chi connectivity index (χ1n) is 5.77. The van der Waals surface area contributed by atoms with Crippen LogP contribution in [0.1, 0.15) is 6.92 Å². The Kier molecular flexibility index (Phi) is 2.04. The number of hydrogen-bond donors (Lipinski definition) is 1. The Hall–Kier alpha value is -1.36.